The van der Waals surface area contributed by atoms with Crippen LogP contribution in [-0.2, 0) is 6.42 Å². The maximum atomic E-state index is 5.58. The number of hydrogen-bond acceptors (Lipinski definition) is 5. The van der Waals surface area contributed by atoms with Crippen LogP contribution in [0.3, 0.4) is 0 Å². The van der Waals surface area contributed by atoms with Gasteiger partial charge >= 0.3 is 0 Å². The quantitative estimate of drug-likeness (QED) is 0.623. The van der Waals surface area contributed by atoms with Gasteiger partial charge in [0.05, 0.1) is 16.6 Å². The van der Waals surface area contributed by atoms with Crippen molar-refractivity contribution < 1.29 is 0 Å². The van der Waals surface area contributed by atoms with Gasteiger partial charge in [0, 0.05) is 0 Å². The molecule has 2 aromatic rings. The molecule has 0 aliphatic carbocycles. The molecular weight excluding hydrogens is 220 g/mol. The number of nitrogens with one attached hydrogen (secondary N) is 1. The molecule has 0 fully saturated rings. The number of hydrazine groups is 1. The van der Waals surface area contributed by atoms with Crippen LogP contribution in [0.4, 0.5) is 0 Å². The lowest BCUT2D eigenvalue weighted by Gasteiger charge is -2.14. The minimum Gasteiger partial charge on any atom is -0.271 e. The highest BCUT2D eigenvalue weighted by atomic mass is 32.1. The van der Waals surface area contributed by atoms with Crippen LogP contribution in [0.25, 0.3) is 0 Å². The number of nitrogens with zero attached hydrogens (tertiary/aromatic N) is 2. The molecule has 1 unspecified atom stereocenters. The fourth-order valence-electron chi connectivity index (χ4n) is 1.63. The first-order valence-electron chi connectivity index (χ1n) is 5.10. The fourth-order valence-corrected chi connectivity index (χ4v) is 2.34. The summed E-state index contributed by atoms with van der Waals surface area (Å²) >= 11 is 1.40. The third-order valence-electron chi connectivity index (χ3n) is 2.49. The Morgan fingerprint density at radius 3 is 2.69 bits per heavy atom. The number of hydrogen-bond donors (Lipinski definition) is 2. The summed E-state index contributed by atoms with van der Waals surface area (Å²) in [6, 6.07) is 10.3. The molecule has 3 N–H and O–H groups in total. The predicted octanol–water partition coefficient (Wildman–Crippen LogP) is 1.59. The Kier molecular flexibility index (Phi) is 3.61. The van der Waals surface area contributed by atoms with Gasteiger partial charge in [-0.05, 0) is 30.4 Å². The Morgan fingerprint density at radius 2 is 2.12 bits per heavy atom. The van der Waals surface area contributed by atoms with Crippen molar-refractivity contribution in [3.05, 3.63) is 46.5 Å². The molecule has 1 aromatic carbocycles. The summed E-state index contributed by atoms with van der Waals surface area (Å²) in [5, 5.41) is 4.00. The third-order valence-corrected chi connectivity index (χ3v) is 3.43. The smallest absolute Gasteiger partial charge is 0.0773 e. The molecule has 2 rings (SSSR count). The van der Waals surface area contributed by atoms with E-state index >= 15 is 0 Å². The Labute approximate surface area is 98.6 Å². The molecule has 1 atom stereocenters. The van der Waals surface area contributed by atoms with E-state index in [1.807, 2.05) is 25.1 Å². The molecule has 0 radical (unpaired) electrons. The number of nitrogens with two attached hydrogens (primary N) is 1. The topological polar surface area (TPSA) is 63.8 Å². The minimum atomic E-state index is 0.0856. The summed E-state index contributed by atoms with van der Waals surface area (Å²) in [6.45, 7) is 1.95. The van der Waals surface area contributed by atoms with Gasteiger partial charge in [0.2, 0.25) is 0 Å². The second-order valence-electron chi connectivity index (χ2n) is 3.63. The fraction of sp³-hybridized carbons (Fsp3) is 0.273. The lowest BCUT2D eigenvalue weighted by Crippen LogP contribution is -2.29. The van der Waals surface area contributed by atoms with E-state index in [1.54, 1.807) is 0 Å². The minimum absolute atomic E-state index is 0.0856. The molecule has 0 saturated heterocycles. The monoisotopic (exact) mass is 234 g/mol. The van der Waals surface area contributed by atoms with Gasteiger partial charge in [0.15, 0.2) is 0 Å². The van der Waals surface area contributed by atoms with E-state index in [0.717, 1.165) is 17.0 Å². The Hall–Kier alpha value is -1.30. The molecule has 4 nitrogen and oxygen atoms in total. The average Bonchev–Trinajstić information content (AvgIpc) is 2.74. The van der Waals surface area contributed by atoms with Gasteiger partial charge < -0.3 is 0 Å². The van der Waals surface area contributed by atoms with Gasteiger partial charge in [-0.2, -0.15) is 0 Å². The number of benzene rings is 1. The average molecular weight is 234 g/mol. The Balaban J connectivity index is 2.16. The van der Waals surface area contributed by atoms with Gasteiger partial charge in [0.25, 0.3) is 0 Å². The van der Waals surface area contributed by atoms with E-state index in [0.29, 0.717) is 0 Å². The summed E-state index contributed by atoms with van der Waals surface area (Å²) in [4.78, 5) is 1.10. The third kappa shape index (κ3) is 2.44. The van der Waals surface area contributed by atoms with Gasteiger partial charge in [-0.3, -0.25) is 11.3 Å². The molecule has 1 heterocycles. The van der Waals surface area contributed by atoms with Crippen molar-refractivity contribution in [3.63, 3.8) is 0 Å². The van der Waals surface area contributed by atoms with Crippen LogP contribution in [-0.4, -0.2) is 9.59 Å². The second-order valence-corrected chi connectivity index (χ2v) is 4.42. The number of aromatic nitrogens is 2. The largest absolute Gasteiger partial charge is 0.271 e. The van der Waals surface area contributed by atoms with Crippen molar-refractivity contribution in [2.24, 2.45) is 5.84 Å². The highest BCUT2D eigenvalue weighted by molar-refractivity contribution is 7.05. The second kappa shape index (κ2) is 5.16. The lowest BCUT2D eigenvalue weighted by atomic mass is 10.0. The highest BCUT2D eigenvalue weighted by Crippen LogP contribution is 2.22. The molecule has 0 aliphatic heterocycles. The first kappa shape index (κ1) is 11.2. The first-order valence-corrected chi connectivity index (χ1v) is 5.87. The van der Waals surface area contributed by atoms with Crippen molar-refractivity contribution in [3.8, 4) is 0 Å². The van der Waals surface area contributed by atoms with Crippen LogP contribution < -0.4 is 11.3 Å². The summed E-state index contributed by atoms with van der Waals surface area (Å²) in [7, 11) is 0. The number of rotatable bonds is 4. The first-order chi connectivity index (χ1) is 7.81. The molecular formula is C11H14N4S. The van der Waals surface area contributed by atoms with E-state index < -0.39 is 0 Å². The van der Waals surface area contributed by atoms with Crippen LogP contribution in [0.15, 0.2) is 30.3 Å². The zero-order chi connectivity index (χ0) is 11.4. The molecule has 1 aromatic heterocycles. The Morgan fingerprint density at radius 1 is 1.38 bits per heavy atom. The van der Waals surface area contributed by atoms with E-state index in [9.17, 15) is 0 Å². The van der Waals surface area contributed by atoms with Crippen LogP contribution >= 0.6 is 11.5 Å². The van der Waals surface area contributed by atoms with E-state index in [-0.39, 0.29) is 6.04 Å². The molecule has 0 aliphatic rings. The van der Waals surface area contributed by atoms with Gasteiger partial charge in [-0.25, -0.2) is 0 Å². The van der Waals surface area contributed by atoms with Crippen LogP contribution in [0, 0.1) is 6.92 Å². The molecule has 0 saturated carbocycles. The van der Waals surface area contributed by atoms with E-state index in [2.05, 4.69) is 27.1 Å². The summed E-state index contributed by atoms with van der Waals surface area (Å²) < 4.78 is 3.93. The summed E-state index contributed by atoms with van der Waals surface area (Å²) in [6.07, 6.45) is 0.849. The number of aryl methyl sites for hydroxylation is 1. The maximum Gasteiger partial charge on any atom is 0.0773 e. The highest BCUT2D eigenvalue weighted by Gasteiger charge is 2.16. The predicted molar refractivity (Wildman–Crippen MR) is 64.9 cm³/mol. The van der Waals surface area contributed by atoms with Gasteiger partial charge in [0.1, 0.15) is 0 Å². The van der Waals surface area contributed by atoms with Crippen molar-refractivity contribution in [1.29, 1.82) is 0 Å². The molecule has 5 heteroatoms. The molecule has 0 amide bonds. The normalized spacial score (nSPS) is 12.6. The molecule has 0 spiro atoms. The summed E-state index contributed by atoms with van der Waals surface area (Å²) in [5.74, 6) is 5.58. The van der Waals surface area contributed by atoms with Gasteiger partial charge in [-0.15, -0.1) is 5.10 Å². The Bertz CT molecular complexity index is 440. The maximum absolute atomic E-state index is 5.58. The van der Waals surface area contributed by atoms with Crippen molar-refractivity contribution in [2.45, 2.75) is 19.4 Å². The van der Waals surface area contributed by atoms with Crippen molar-refractivity contribution in [1.82, 2.24) is 15.0 Å². The van der Waals surface area contributed by atoms with Crippen LogP contribution in [0.5, 0.6) is 0 Å². The lowest BCUT2D eigenvalue weighted by molar-refractivity contribution is 0.557. The molecule has 16 heavy (non-hydrogen) atoms. The van der Waals surface area contributed by atoms with Crippen LogP contribution in [0.1, 0.15) is 22.2 Å². The SMILES string of the molecule is Cc1nnsc1C(Cc1ccccc1)NN. The van der Waals surface area contributed by atoms with Crippen molar-refractivity contribution >= 4 is 11.5 Å². The zero-order valence-corrected chi connectivity index (χ0v) is 9.87. The van der Waals surface area contributed by atoms with Crippen molar-refractivity contribution in [2.75, 3.05) is 0 Å². The van der Waals surface area contributed by atoms with Crippen LogP contribution in [0.2, 0.25) is 0 Å². The molecule has 0 bridgehead atoms. The van der Waals surface area contributed by atoms with E-state index in [4.69, 9.17) is 5.84 Å². The van der Waals surface area contributed by atoms with Gasteiger partial charge in [-0.1, -0.05) is 34.8 Å². The zero-order valence-electron chi connectivity index (χ0n) is 9.05. The van der Waals surface area contributed by atoms with E-state index in [1.165, 1.54) is 17.1 Å². The summed E-state index contributed by atoms with van der Waals surface area (Å²) in [5.41, 5.74) is 5.02. The standard InChI is InChI=1S/C11H14N4S/c1-8-11(16-15-14-8)10(13-12)7-9-5-3-2-4-6-9/h2-6,10,13H,7,12H2,1H3. The molecule has 84 valence electrons.